The van der Waals surface area contributed by atoms with Gasteiger partial charge in [0.25, 0.3) is 0 Å². The number of carbonyl (C=O) groups is 2. The molecule has 2 aromatic carbocycles. The first-order valence-corrected chi connectivity index (χ1v) is 10.2. The molecule has 0 amide bonds. The lowest BCUT2D eigenvalue weighted by molar-refractivity contribution is -0.192. The number of alkyl halides is 3. The normalized spacial score (nSPS) is 11.3. The minimum atomic E-state index is -5.08. The molecular formula is C23H27BF3NO6. The van der Waals surface area contributed by atoms with Gasteiger partial charge in [0.2, 0.25) is 0 Å². The van der Waals surface area contributed by atoms with Gasteiger partial charge in [0.05, 0.1) is 12.7 Å². The van der Waals surface area contributed by atoms with Crippen LogP contribution < -0.4 is 10.4 Å². The van der Waals surface area contributed by atoms with Crippen LogP contribution in [0.2, 0.25) is 0 Å². The first-order chi connectivity index (χ1) is 15.8. The Morgan fingerprint density at radius 2 is 1.68 bits per heavy atom. The van der Waals surface area contributed by atoms with E-state index < -0.39 is 19.3 Å². The van der Waals surface area contributed by atoms with Crippen LogP contribution in [0, 0.1) is 6.92 Å². The van der Waals surface area contributed by atoms with E-state index in [9.17, 15) is 28.0 Å². The van der Waals surface area contributed by atoms with E-state index in [1.54, 1.807) is 18.2 Å². The first kappa shape index (κ1) is 28.7. The Morgan fingerprint density at radius 3 is 2.09 bits per heavy atom. The molecule has 7 nitrogen and oxygen atoms in total. The molecule has 2 rings (SSSR count). The summed E-state index contributed by atoms with van der Waals surface area (Å²) in [4.78, 5) is 22.8. The molecule has 184 valence electrons. The summed E-state index contributed by atoms with van der Waals surface area (Å²) < 4.78 is 36.5. The molecule has 0 spiro atoms. The molecule has 0 bridgehead atoms. The SMILES string of the molecule is CCC(C)=CN(Cc1ccc(B(O)O)cc1)c1ccc(C(=O)OC)cc1C.O=C(O)C(F)(F)F. The fraction of sp³-hybridized carbons (Fsp3) is 0.304. The summed E-state index contributed by atoms with van der Waals surface area (Å²) in [7, 11) is -0.0939. The summed E-state index contributed by atoms with van der Waals surface area (Å²) in [5, 5.41) is 25.6. The molecular weight excluding hydrogens is 454 g/mol. The van der Waals surface area contributed by atoms with Gasteiger partial charge in [-0.2, -0.15) is 13.2 Å². The number of nitrogens with zero attached hydrogens (tertiary/aromatic N) is 1. The molecule has 0 fully saturated rings. The van der Waals surface area contributed by atoms with Crippen LogP contribution in [0.15, 0.2) is 54.2 Å². The topological polar surface area (TPSA) is 107 Å². The molecule has 0 saturated carbocycles. The molecule has 34 heavy (non-hydrogen) atoms. The van der Waals surface area contributed by atoms with Gasteiger partial charge in [-0.15, -0.1) is 0 Å². The van der Waals surface area contributed by atoms with Gasteiger partial charge in [-0.25, -0.2) is 9.59 Å². The van der Waals surface area contributed by atoms with Gasteiger partial charge in [-0.05, 0) is 55.1 Å². The zero-order valence-electron chi connectivity index (χ0n) is 19.3. The van der Waals surface area contributed by atoms with E-state index in [2.05, 4.69) is 24.9 Å². The Kier molecular flexibility index (Phi) is 10.8. The molecule has 11 heteroatoms. The number of benzene rings is 2. The number of carbonyl (C=O) groups excluding carboxylic acids is 1. The fourth-order valence-electron chi connectivity index (χ4n) is 2.77. The fourth-order valence-corrected chi connectivity index (χ4v) is 2.77. The van der Waals surface area contributed by atoms with Crippen molar-refractivity contribution in [2.24, 2.45) is 0 Å². The lowest BCUT2D eigenvalue weighted by Gasteiger charge is -2.24. The minimum Gasteiger partial charge on any atom is -0.475 e. The maximum atomic E-state index is 11.8. The second-order valence-electron chi connectivity index (χ2n) is 7.37. The van der Waals surface area contributed by atoms with Crippen LogP contribution in [-0.4, -0.2) is 47.5 Å². The van der Waals surface area contributed by atoms with Crippen LogP contribution >= 0.6 is 0 Å². The number of ether oxygens (including phenoxy) is 1. The molecule has 0 aliphatic heterocycles. The Morgan fingerprint density at radius 1 is 1.12 bits per heavy atom. The number of halogens is 3. The number of hydrogen-bond donors (Lipinski definition) is 3. The van der Waals surface area contributed by atoms with Crippen molar-refractivity contribution in [2.75, 3.05) is 12.0 Å². The van der Waals surface area contributed by atoms with Crippen molar-refractivity contribution in [2.45, 2.75) is 39.9 Å². The van der Waals surface area contributed by atoms with Crippen LogP contribution in [0.5, 0.6) is 0 Å². The summed E-state index contributed by atoms with van der Waals surface area (Å²) in [6, 6.07) is 12.7. The molecule has 0 saturated heterocycles. The highest BCUT2D eigenvalue weighted by Gasteiger charge is 2.38. The zero-order chi connectivity index (χ0) is 26.1. The standard InChI is InChI=1S/C21H26BNO4.C2HF3O2/c1-5-15(2)13-23(14-17-6-9-19(10-7-17)22(25)26)20-11-8-18(12-16(20)3)21(24)27-4;3-2(4,5)1(6)7/h6-13,25-26H,5,14H2,1-4H3;(H,6,7). The second-order valence-corrected chi connectivity index (χ2v) is 7.37. The number of aryl methyl sites for hydroxylation is 1. The number of aliphatic carboxylic acids is 1. The smallest absolute Gasteiger partial charge is 0.475 e. The van der Waals surface area contributed by atoms with Crippen LogP contribution in [0.4, 0.5) is 18.9 Å². The molecule has 0 heterocycles. The number of rotatable bonds is 7. The Bertz CT molecular complexity index is 1010. The Balaban J connectivity index is 0.000000718. The van der Waals surface area contributed by atoms with Crippen molar-refractivity contribution < 1.29 is 42.7 Å². The monoisotopic (exact) mass is 481 g/mol. The molecule has 3 N–H and O–H groups in total. The number of methoxy groups -OCH3 is 1. The third kappa shape index (κ3) is 8.91. The quantitative estimate of drug-likeness (QED) is 0.411. The van der Waals surface area contributed by atoms with Crippen molar-refractivity contribution >= 4 is 30.2 Å². The highest BCUT2D eigenvalue weighted by atomic mass is 19.4. The molecule has 0 radical (unpaired) electrons. The predicted molar refractivity (Wildman–Crippen MR) is 123 cm³/mol. The number of carboxylic acids is 1. The van der Waals surface area contributed by atoms with Gasteiger partial charge in [0.1, 0.15) is 0 Å². The summed E-state index contributed by atoms with van der Waals surface area (Å²) in [6.07, 6.45) is -2.04. The Hall–Kier alpha value is -3.31. The number of esters is 1. The van der Waals surface area contributed by atoms with E-state index in [0.29, 0.717) is 17.6 Å². The van der Waals surface area contributed by atoms with E-state index in [4.69, 9.17) is 14.6 Å². The highest BCUT2D eigenvalue weighted by Crippen LogP contribution is 2.25. The first-order valence-electron chi connectivity index (χ1n) is 10.2. The van der Waals surface area contributed by atoms with Gasteiger partial charge in [0, 0.05) is 18.4 Å². The maximum Gasteiger partial charge on any atom is 0.490 e. The molecule has 0 unspecified atom stereocenters. The maximum absolute atomic E-state index is 11.8. The summed E-state index contributed by atoms with van der Waals surface area (Å²) >= 11 is 0. The van der Waals surface area contributed by atoms with E-state index in [-0.39, 0.29) is 5.97 Å². The lowest BCUT2D eigenvalue weighted by Crippen LogP contribution is -2.29. The van der Waals surface area contributed by atoms with E-state index in [0.717, 1.165) is 23.2 Å². The molecule has 0 aliphatic carbocycles. The van der Waals surface area contributed by atoms with Gasteiger partial charge in [-0.3, -0.25) is 0 Å². The minimum absolute atomic E-state index is 0.352. The number of carboxylic acid groups (broad SMARTS) is 1. The molecule has 2 aromatic rings. The summed E-state index contributed by atoms with van der Waals surface area (Å²) in [5.41, 5.74) is 5.23. The van der Waals surface area contributed by atoms with E-state index in [1.165, 1.54) is 12.7 Å². The highest BCUT2D eigenvalue weighted by molar-refractivity contribution is 6.58. The van der Waals surface area contributed by atoms with Crippen molar-refractivity contribution in [3.05, 3.63) is 70.9 Å². The van der Waals surface area contributed by atoms with Gasteiger partial charge in [-0.1, -0.05) is 36.8 Å². The third-order valence-electron chi connectivity index (χ3n) is 4.73. The van der Waals surface area contributed by atoms with Gasteiger partial charge in [0.15, 0.2) is 0 Å². The zero-order valence-corrected chi connectivity index (χ0v) is 19.3. The lowest BCUT2D eigenvalue weighted by atomic mass is 9.80. The van der Waals surface area contributed by atoms with Crippen LogP contribution in [0.1, 0.15) is 41.8 Å². The van der Waals surface area contributed by atoms with Crippen molar-refractivity contribution in [3.8, 4) is 0 Å². The average molecular weight is 481 g/mol. The van der Waals surface area contributed by atoms with Crippen molar-refractivity contribution in [1.82, 2.24) is 0 Å². The average Bonchev–Trinajstić information content (AvgIpc) is 2.78. The number of allylic oxidation sites excluding steroid dienone is 1. The molecule has 0 atom stereocenters. The summed E-state index contributed by atoms with van der Waals surface area (Å²) in [6.45, 7) is 6.78. The third-order valence-corrected chi connectivity index (χ3v) is 4.73. The largest absolute Gasteiger partial charge is 0.490 e. The second kappa shape index (κ2) is 12.8. The summed E-state index contributed by atoms with van der Waals surface area (Å²) in [5.74, 6) is -3.11. The van der Waals surface area contributed by atoms with E-state index in [1.807, 2.05) is 31.2 Å². The van der Waals surface area contributed by atoms with Crippen molar-refractivity contribution in [1.29, 1.82) is 0 Å². The van der Waals surface area contributed by atoms with Crippen LogP contribution in [0.3, 0.4) is 0 Å². The molecule has 0 aromatic heterocycles. The van der Waals surface area contributed by atoms with E-state index >= 15 is 0 Å². The van der Waals surface area contributed by atoms with Crippen molar-refractivity contribution in [3.63, 3.8) is 0 Å². The van der Waals surface area contributed by atoms with Gasteiger partial charge < -0.3 is 24.8 Å². The Labute approximate surface area is 196 Å². The van der Waals surface area contributed by atoms with Crippen LogP contribution in [-0.2, 0) is 16.1 Å². The van der Waals surface area contributed by atoms with Gasteiger partial charge >= 0.3 is 25.2 Å². The number of hydrogen-bond acceptors (Lipinski definition) is 6. The predicted octanol–water partition coefficient (Wildman–Crippen LogP) is 3.42. The molecule has 0 aliphatic rings. The van der Waals surface area contributed by atoms with Crippen LogP contribution in [0.25, 0.3) is 0 Å². The number of anilines is 1.